The molecule has 1 aliphatic rings. The van der Waals surface area contributed by atoms with E-state index in [9.17, 15) is 23.6 Å². The predicted molar refractivity (Wildman–Crippen MR) is 91.0 cm³/mol. The average molecular weight is 364 g/mol. The van der Waals surface area contributed by atoms with Crippen molar-refractivity contribution >= 4 is 29.3 Å². The summed E-state index contributed by atoms with van der Waals surface area (Å²) in [6, 6.07) is 3.62. The van der Waals surface area contributed by atoms with Crippen LogP contribution >= 0.6 is 0 Å². The van der Waals surface area contributed by atoms with Gasteiger partial charge in [0.25, 0.3) is 0 Å². The number of anilines is 1. The number of Topliss-reactive ketones (excluding diaryl/α,β-unsaturated/α-hetero) is 1. The SMILES string of the molecule is CC(=O)Nc1ccc(C(=O)COC(=O)CN2CCCCCC2=O)c(F)c1. The molecule has 0 atom stereocenters. The molecular formula is C18H21FN2O5. The van der Waals surface area contributed by atoms with Crippen molar-refractivity contribution in [3.8, 4) is 0 Å². The minimum atomic E-state index is -0.819. The van der Waals surface area contributed by atoms with Gasteiger partial charge in [-0.05, 0) is 31.0 Å². The number of nitrogens with one attached hydrogen (secondary N) is 1. The molecule has 0 aromatic heterocycles. The van der Waals surface area contributed by atoms with Gasteiger partial charge in [0.2, 0.25) is 17.6 Å². The first-order valence-electron chi connectivity index (χ1n) is 8.40. The van der Waals surface area contributed by atoms with E-state index in [1.165, 1.54) is 24.0 Å². The molecule has 140 valence electrons. The minimum Gasteiger partial charge on any atom is -0.456 e. The topological polar surface area (TPSA) is 92.8 Å². The first kappa shape index (κ1) is 19.6. The number of nitrogens with zero attached hydrogens (tertiary/aromatic N) is 1. The first-order chi connectivity index (χ1) is 12.4. The van der Waals surface area contributed by atoms with E-state index in [-0.39, 0.29) is 29.6 Å². The van der Waals surface area contributed by atoms with Crippen LogP contribution in [0.25, 0.3) is 0 Å². The highest BCUT2D eigenvalue weighted by Crippen LogP contribution is 2.15. The second kappa shape index (κ2) is 9.07. The summed E-state index contributed by atoms with van der Waals surface area (Å²) in [4.78, 5) is 48.1. The van der Waals surface area contributed by atoms with E-state index < -0.39 is 24.2 Å². The van der Waals surface area contributed by atoms with Gasteiger partial charge in [0.1, 0.15) is 12.4 Å². The molecule has 1 fully saturated rings. The Bertz CT molecular complexity index is 720. The van der Waals surface area contributed by atoms with Gasteiger partial charge < -0.3 is 15.0 Å². The van der Waals surface area contributed by atoms with Gasteiger partial charge >= 0.3 is 5.97 Å². The van der Waals surface area contributed by atoms with Crippen molar-refractivity contribution in [2.75, 3.05) is 25.0 Å². The van der Waals surface area contributed by atoms with Crippen molar-refractivity contribution in [3.63, 3.8) is 0 Å². The summed E-state index contributed by atoms with van der Waals surface area (Å²) in [5, 5.41) is 2.40. The third kappa shape index (κ3) is 5.65. The van der Waals surface area contributed by atoms with E-state index in [1.807, 2.05) is 0 Å². The number of hydrogen-bond donors (Lipinski definition) is 1. The summed E-state index contributed by atoms with van der Waals surface area (Å²) >= 11 is 0. The van der Waals surface area contributed by atoms with Crippen LogP contribution in [0.3, 0.4) is 0 Å². The molecule has 8 heteroatoms. The van der Waals surface area contributed by atoms with Crippen LogP contribution in [-0.4, -0.2) is 48.2 Å². The van der Waals surface area contributed by atoms with E-state index in [0.717, 1.165) is 25.3 Å². The summed E-state index contributed by atoms with van der Waals surface area (Å²) in [6.45, 7) is 0.944. The molecule has 1 aromatic carbocycles. The van der Waals surface area contributed by atoms with Gasteiger partial charge in [0.15, 0.2) is 6.61 Å². The number of carbonyl (C=O) groups is 4. The molecule has 2 amide bonds. The fourth-order valence-electron chi connectivity index (χ4n) is 2.65. The second-order valence-corrected chi connectivity index (χ2v) is 6.09. The predicted octanol–water partition coefficient (Wildman–Crippen LogP) is 1.91. The number of likely N-dealkylation sites (tertiary alicyclic amines) is 1. The molecular weight excluding hydrogens is 343 g/mol. The molecule has 2 rings (SSSR count). The second-order valence-electron chi connectivity index (χ2n) is 6.09. The van der Waals surface area contributed by atoms with Gasteiger partial charge in [-0.3, -0.25) is 19.2 Å². The van der Waals surface area contributed by atoms with Crippen molar-refractivity contribution in [1.82, 2.24) is 4.90 Å². The standard InChI is InChI=1S/C18H21FN2O5/c1-12(22)20-13-6-7-14(15(19)9-13)16(23)11-26-18(25)10-21-8-4-2-3-5-17(21)24/h6-7,9H,2-5,8,10-11H2,1H3,(H,20,22). The number of ketones is 1. The molecule has 0 bridgehead atoms. The monoisotopic (exact) mass is 364 g/mol. The Morgan fingerprint density at radius 3 is 2.69 bits per heavy atom. The molecule has 0 unspecified atom stereocenters. The molecule has 7 nitrogen and oxygen atoms in total. The zero-order valence-electron chi connectivity index (χ0n) is 14.5. The number of amides is 2. The van der Waals surface area contributed by atoms with Crippen LogP contribution in [0.5, 0.6) is 0 Å². The lowest BCUT2D eigenvalue weighted by Gasteiger charge is -2.19. The third-order valence-electron chi connectivity index (χ3n) is 3.95. The normalized spacial score (nSPS) is 14.5. The molecule has 26 heavy (non-hydrogen) atoms. The number of halogens is 1. The van der Waals surface area contributed by atoms with E-state index >= 15 is 0 Å². The number of benzene rings is 1. The Balaban J connectivity index is 1.88. The molecule has 0 radical (unpaired) electrons. The summed E-state index contributed by atoms with van der Waals surface area (Å²) in [7, 11) is 0. The maximum atomic E-state index is 14.0. The Morgan fingerprint density at radius 1 is 1.23 bits per heavy atom. The number of hydrogen-bond acceptors (Lipinski definition) is 5. The van der Waals surface area contributed by atoms with Crippen LogP contribution in [0.2, 0.25) is 0 Å². The molecule has 0 saturated carbocycles. The molecule has 1 heterocycles. The zero-order chi connectivity index (χ0) is 19.1. The molecule has 1 saturated heterocycles. The Labute approximate surface area is 150 Å². The van der Waals surface area contributed by atoms with Crippen molar-refractivity contribution in [3.05, 3.63) is 29.6 Å². The van der Waals surface area contributed by atoms with Crippen molar-refractivity contribution in [2.45, 2.75) is 32.6 Å². The number of ether oxygens (including phenoxy) is 1. The maximum absolute atomic E-state index is 14.0. The third-order valence-corrected chi connectivity index (χ3v) is 3.95. The van der Waals surface area contributed by atoms with Crippen LogP contribution in [0.4, 0.5) is 10.1 Å². The highest BCUT2D eigenvalue weighted by atomic mass is 19.1. The van der Waals surface area contributed by atoms with Gasteiger partial charge in [0.05, 0.1) is 5.56 Å². The Kier molecular flexibility index (Phi) is 6.82. The van der Waals surface area contributed by atoms with E-state index in [1.54, 1.807) is 0 Å². The number of esters is 1. The van der Waals surface area contributed by atoms with Crippen molar-refractivity contribution in [1.29, 1.82) is 0 Å². The van der Waals surface area contributed by atoms with E-state index in [4.69, 9.17) is 4.74 Å². The first-order valence-corrected chi connectivity index (χ1v) is 8.40. The van der Waals surface area contributed by atoms with Gasteiger partial charge in [0, 0.05) is 25.6 Å². The van der Waals surface area contributed by atoms with Crippen LogP contribution in [-0.2, 0) is 19.1 Å². The fourth-order valence-corrected chi connectivity index (χ4v) is 2.65. The lowest BCUT2D eigenvalue weighted by molar-refractivity contribution is -0.148. The lowest BCUT2D eigenvalue weighted by Crippen LogP contribution is -2.36. The van der Waals surface area contributed by atoms with Crippen molar-refractivity contribution in [2.24, 2.45) is 0 Å². The van der Waals surface area contributed by atoms with E-state index in [0.29, 0.717) is 13.0 Å². The molecule has 1 aromatic rings. The highest BCUT2D eigenvalue weighted by molar-refractivity contribution is 5.99. The smallest absolute Gasteiger partial charge is 0.326 e. The Hall–Kier alpha value is -2.77. The van der Waals surface area contributed by atoms with Crippen LogP contribution < -0.4 is 5.32 Å². The fraction of sp³-hybridized carbons (Fsp3) is 0.444. The van der Waals surface area contributed by atoms with Crippen LogP contribution in [0.1, 0.15) is 43.0 Å². The molecule has 1 N–H and O–H groups in total. The minimum absolute atomic E-state index is 0.106. The summed E-state index contributed by atoms with van der Waals surface area (Å²) in [6.07, 6.45) is 2.96. The summed E-state index contributed by atoms with van der Waals surface area (Å²) in [5.41, 5.74) is -0.0130. The number of rotatable bonds is 6. The van der Waals surface area contributed by atoms with Gasteiger partial charge in [-0.15, -0.1) is 0 Å². The number of carbonyl (C=O) groups excluding carboxylic acids is 4. The Morgan fingerprint density at radius 2 is 2.00 bits per heavy atom. The summed E-state index contributed by atoms with van der Waals surface area (Å²) < 4.78 is 18.9. The highest BCUT2D eigenvalue weighted by Gasteiger charge is 2.21. The van der Waals surface area contributed by atoms with Crippen LogP contribution in [0, 0.1) is 5.82 Å². The lowest BCUT2D eigenvalue weighted by atomic mass is 10.1. The van der Waals surface area contributed by atoms with Gasteiger partial charge in [-0.2, -0.15) is 0 Å². The van der Waals surface area contributed by atoms with Crippen LogP contribution in [0.15, 0.2) is 18.2 Å². The molecule has 0 spiro atoms. The molecule has 1 aliphatic heterocycles. The quantitative estimate of drug-likeness (QED) is 0.615. The maximum Gasteiger partial charge on any atom is 0.326 e. The van der Waals surface area contributed by atoms with Gasteiger partial charge in [-0.25, -0.2) is 4.39 Å². The van der Waals surface area contributed by atoms with Gasteiger partial charge in [-0.1, -0.05) is 6.42 Å². The largest absolute Gasteiger partial charge is 0.456 e. The average Bonchev–Trinajstić information content (AvgIpc) is 2.77. The summed E-state index contributed by atoms with van der Waals surface area (Å²) in [5.74, 6) is -2.69. The molecule has 0 aliphatic carbocycles. The van der Waals surface area contributed by atoms with Crippen molar-refractivity contribution < 1.29 is 28.3 Å². The zero-order valence-corrected chi connectivity index (χ0v) is 14.5. The van der Waals surface area contributed by atoms with E-state index in [2.05, 4.69) is 5.32 Å².